The van der Waals surface area contributed by atoms with Gasteiger partial charge in [0.25, 0.3) is 0 Å². The summed E-state index contributed by atoms with van der Waals surface area (Å²) in [5, 5.41) is 10.1. The molecule has 0 saturated carbocycles. The molecule has 0 atom stereocenters. The van der Waals surface area contributed by atoms with Crippen LogP contribution in [-0.2, 0) is 0 Å². The third-order valence-electron chi connectivity index (χ3n) is 10.6. The average Bonchev–Trinajstić information content (AvgIpc) is 3.22. The summed E-state index contributed by atoms with van der Waals surface area (Å²) in [6.07, 6.45) is 0. The van der Waals surface area contributed by atoms with Crippen LogP contribution in [0.15, 0.2) is 206 Å². The molecule has 52 heavy (non-hydrogen) atoms. The van der Waals surface area contributed by atoms with E-state index in [4.69, 9.17) is 0 Å². The van der Waals surface area contributed by atoms with Crippen molar-refractivity contribution in [3.8, 4) is 55.6 Å². The van der Waals surface area contributed by atoms with Crippen molar-refractivity contribution < 1.29 is 0 Å². The molecule has 0 aliphatic carbocycles. The van der Waals surface area contributed by atoms with Gasteiger partial charge in [0.15, 0.2) is 0 Å². The first-order valence-electron chi connectivity index (χ1n) is 18.0. The second-order valence-electron chi connectivity index (χ2n) is 13.7. The summed E-state index contributed by atoms with van der Waals surface area (Å²) in [7, 11) is 0. The van der Waals surface area contributed by atoms with E-state index in [1.165, 1.54) is 98.7 Å². The second-order valence-corrected chi connectivity index (χ2v) is 13.7. The van der Waals surface area contributed by atoms with Gasteiger partial charge in [0.2, 0.25) is 0 Å². The first kappa shape index (κ1) is 30.1. The molecule has 0 fully saturated rings. The van der Waals surface area contributed by atoms with E-state index < -0.39 is 0 Å². The molecule has 0 N–H and O–H groups in total. The van der Waals surface area contributed by atoms with E-state index in [1.807, 2.05) is 0 Å². The minimum Gasteiger partial charge on any atom is -0.0622 e. The molecule has 10 rings (SSSR count). The van der Waals surface area contributed by atoms with Gasteiger partial charge in [0.1, 0.15) is 0 Å². The molecule has 0 unspecified atom stereocenters. The lowest BCUT2D eigenvalue weighted by molar-refractivity contribution is 1.60. The summed E-state index contributed by atoms with van der Waals surface area (Å²) in [5.41, 5.74) is 12.4. The molecule has 0 radical (unpaired) electrons. The number of benzene rings is 10. The van der Waals surface area contributed by atoms with Gasteiger partial charge in [-0.1, -0.05) is 188 Å². The average molecular weight is 659 g/mol. The van der Waals surface area contributed by atoms with Crippen LogP contribution in [0.3, 0.4) is 0 Å². The van der Waals surface area contributed by atoms with Gasteiger partial charge in [-0.05, 0) is 117 Å². The van der Waals surface area contributed by atoms with Crippen molar-refractivity contribution in [2.24, 2.45) is 0 Å². The van der Waals surface area contributed by atoms with Crippen molar-refractivity contribution in [2.75, 3.05) is 0 Å². The molecule has 0 aromatic heterocycles. The summed E-state index contributed by atoms with van der Waals surface area (Å²) in [5.74, 6) is 0. The van der Waals surface area contributed by atoms with E-state index in [9.17, 15) is 0 Å². The number of hydrogen-bond acceptors (Lipinski definition) is 0. The standard InChI is InChI=1S/C52H34/c1-2-12-35(13-3-1)39-16-10-17-40(32-39)41-28-29-43-34-44(31-30-42(43)33-41)52-49-21-8-6-19-47(49)51(48-20-7-9-22-50(48)52)38-26-24-37(25-27-38)46-23-11-15-36-14-4-5-18-45(36)46/h1-34H. The molecule has 0 aliphatic rings. The highest BCUT2D eigenvalue weighted by atomic mass is 14.2. The van der Waals surface area contributed by atoms with Gasteiger partial charge < -0.3 is 0 Å². The van der Waals surface area contributed by atoms with E-state index in [1.54, 1.807) is 0 Å². The van der Waals surface area contributed by atoms with Crippen molar-refractivity contribution in [3.05, 3.63) is 206 Å². The fourth-order valence-corrected chi connectivity index (χ4v) is 8.13. The van der Waals surface area contributed by atoms with Crippen molar-refractivity contribution in [2.45, 2.75) is 0 Å². The Morgan fingerprint density at radius 2 is 0.615 bits per heavy atom. The van der Waals surface area contributed by atoms with Gasteiger partial charge in [-0.3, -0.25) is 0 Å². The third-order valence-corrected chi connectivity index (χ3v) is 10.6. The highest BCUT2D eigenvalue weighted by Crippen LogP contribution is 2.44. The van der Waals surface area contributed by atoms with Gasteiger partial charge in [-0.2, -0.15) is 0 Å². The SMILES string of the molecule is c1ccc(-c2cccc(-c3ccc4cc(-c5c6ccccc6c(-c6ccc(-c7cccc8ccccc78)cc6)c6ccccc56)ccc4c3)c2)cc1. The van der Waals surface area contributed by atoms with Crippen LogP contribution in [0.2, 0.25) is 0 Å². The third kappa shape index (κ3) is 5.16. The first-order chi connectivity index (χ1) is 25.8. The van der Waals surface area contributed by atoms with Gasteiger partial charge in [0, 0.05) is 0 Å². The molecule has 0 saturated heterocycles. The first-order valence-corrected chi connectivity index (χ1v) is 18.0. The molecule has 0 nitrogen and oxygen atoms in total. The van der Waals surface area contributed by atoms with Crippen LogP contribution in [0, 0.1) is 0 Å². The van der Waals surface area contributed by atoms with E-state index in [0.717, 1.165) is 0 Å². The van der Waals surface area contributed by atoms with Gasteiger partial charge >= 0.3 is 0 Å². The van der Waals surface area contributed by atoms with E-state index in [0.29, 0.717) is 0 Å². The minimum absolute atomic E-state index is 1.23. The molecule has 242 valence electrons. The van der Waals surface area contributed by atoms with Crippen molar-refractivity contribution in [3.63, 3.8) is 0 Å². The van der Waals surface area contributed by atoms with Crippen LogP contribution in [0.5, 0.6) is 0 Å². The lowest BCUT2D eigenvalue weighted by Crippen LogP contribution is -1.91. The van der Waals surface area contributed by atoms with Crippen molar-refractivity contribution in [1.29, 1.82) is 0 Å². The molecular formula is C52H34. The fourth-order valence-electron chi connectivity index (χ4n) is 8.13. The van der Waals surface area contributed by atoms with Crippen LogP contribution in [0.25, 0.3) is 98.7 Å². The highest BCUT2D eigenvalue weighted by molar-refractivity contribution is 6.21. The summed E-state index contributed by atoms with van der Waals surface area (Å²) in [6.45, 7) is 0. The lowest BCUT2D eigenvalue weighted by Gasteiger charge is -2.18. The summed E-state index contributed by atoms with van der Waals surface area (Å²) < 4.78 is 0. The molecule has 0 bridgehead atoms. The van der Waals surface area contributed by atoms with Crippen molar-refractivity contribution in [1.82, 2.24) is 0 Å². The molecule has 0 heterocycles. The van der Waals surface area contributed by atoms with Crippen LogP contribution in [0.1, 0.15) is 0 Å². The molecule has 10 aromatic rings. The number of rotatable bonds is 5. The van der Waals surface area contributed by atoms with Crippen molar-refractivity contribution >= 4 is 43.1 Å². The maximum Gasteiger partial charge on any atom is -0.00262 e. The van der Waals surface area contributed by atoms with Gasteiger partial charge in [-0.15, -0.1) is 0 Å². The maximum absolute atomic E-state index is 2.37. The Bertz CT molecular complexity index is 2870. The van der Waals surface area contributed by atoms with Gasteiger partial charge in [-0.25, -0.2) is 0 Å². The van der Waals surface area contributed by atoms with Gasteiger partial charge in [0.05, 0.1) is 0 Å². The van der Waals surface area contributed by atoms with Crippen LogP contribution >= 0.6 is 0 Å². The van der Waals surface area contributed by atoms with E-state index in [2.05, 4.69) is 206 Å². The number of hydrogen-bond donors (Lipinski definition) is 0. The molecular weight excluding hydrogens is 625 g/mol. The molecule has 0 spiro atoms. The molecule has 0 aliphatic heterocycles. The Labute approximate surface area is 303 Å². The summed E-state index contributed by atoms with van der Waals surface area (Å²) in [6, 6.07) is 75.5. The van der Waals surface area contributed by atoms with Crippen LogP contribution in [0.4, 0.5) is 0 Å². The van der Waals surface area contributed by atoms with E-state index in [-0.39, 0.29) is 0 Å². The Balaban J connectivity index is 1.08. The molecule has 0 amide bonds. The monoisotopic (exact) mass is 658 g/mol. The van der Waals surface area contributed by atoms with E-state index >= 15 is 0 Å². The van der Waals surface area contributed by atoms with Crippen LogP contribution < -0.4 is 0 Å². The Kier molecular flexibility index (Phi) is 7.25. The highest BCUT2D eigenvalue weighted by Gasteiger charge is 2.17. The zero-order valence-corrected chi connectivity index (χ0v) is 28.6. The zero-order chi connectivity index (χ0) is 34.4. The zero-order valence-electron chi connectivity index (χ0n) is 28.6. The smallest absolute Gasteiger partial charge is 0.00262 e. The Hall–Kier alpha value is -6.76. The summed E-state index contributed by atoms with van der Waals surface area (Å²) >= 11 is 0. The maximum atomic E-state index is 2.37. The normalized spacial score (nSPS) is 11.5. The number of fused-ring (bicyclic) bond motifs is 4. The second kappa shape index (κ2) is 12.5. The Morgan fingerprint density at radius 1 is 0.192 bits per heavy atom. The Morgan fingerprint density at radius 3 is 1.29 bits per heavy atom. The molecule has 10 aromatic carbocycles. The molecule has 0 heteroatoms. The summed E-state index contributed by atoms with van der Waals surface area (Å²) in [4.78, 5) is 0. The fraction of sp³-hybridized carbons (Fsp3) is 0. The predicted octanol–water partition coefficient (Wildman–Crippen LogP) is 14.6. The minimum atomic E-state index is 1.23. The van der Waals surface area contributed by atoms with Crippen LogP contribution in [-0.4, -0.2) is 0 Å². The largest absolute Gasteiger partial charge is 0.0622 e. The quantitative estimate of drug-likeness (QED) is 0.161. The topological polar surface area (TPSA) is 0 Å². The lowest BCUT2D eigenvalue weighted by atomic mass is 9.85. The predicted molar refractivity (Wildman–Crippen MR) is 224 cm³/mol.